The second-order valence-corrected chi connectivity index (χ2v) is 6.70. The number of rotatable bonds is 4. The summed E-state index contributed by atoms with van der Waals surface area (Å²) < 4.78 is 5.72. The smallest absolute Gasteiger partial charge is 0.223 e. The third-order valence-electron chi connectivity index (χ3n) is 5.03. The SMILES string of the molecule is C=CCN1C(=O)CCC[C@]12CCCN(Cc1ccc(C)o1)C2. The standard InChI is InChI=1S/C18H26N2O2/c1-3-11-20-17(21)6-4-9-18(20)10-5-12-19(14-18)13-16-8-7-15(2)22-16/h3,7-8H,1,4-6,9-14H2,2H3/t18-/m1/s1. The van der Waals surface area contributed by atoms with Crippen LogP contribution in [0, 0.1) is 6.92 Å². The average molecular weight is 302 g/mol. The van der Waals surface area contributed by atoms with Crippen LogP contribution in [0.5, 0.6) is 0 Å². The van der Waals surface area contributed by atoms with Crippen LogP contribution < -0.4 is 0 Å². The van der Waals surface area contributed by atoms with Crippen molar-refractivity contribution in [3.8, 4) is 0 Å². The number of hydrogen-bond donors (Lipinski definition) is 0. The van der Waals surface area contributed by atoms with E-state index in [4.69, 9.17) is 4.42 Å². The van der Waals surface area contributed by atoms with Gasteiger partial charge in [0.15, 0.2) is 0 Å². The van der Waals surface area contributed by atoms with Crippen LogP contribution in [0.25, 0.3) is 0 Å². The Morgan fingerprint density at radius 3 is 2.91 bits per heavy atom. The number of piperidine rings is 2. The lowest BCUT2D eigenvalue weighted by Gasteiger charge is -2.52. The van der Waals surface area contributed by atoms with Crippen molar-refractivity contribution in [3.05, 3.63) is 36.3 Å². The molecule has 4 heteroatoms. The summed E-state index contributed by atoms with van der Waals surface area (Å²) in [6.07, 6.45) is 6.92. The number of hydrogen-bond acceptors (Lipinski definition) is 3. The molecule has 0 bridgehead atoms. The number of carbonyl (C=O) groups is 1. The molecule has 0 aliphatic carbocycles. The maximum Gasteiger partial charge on any atom is 0.223 e. The molecule has 0 radical (unpaired) electrons. The van der Waals surface area contributed by atoms with Crippen LogP contribution in [-0.4, -0.2) is 40.9 Å². The molecule has 120 valence electrons. The highest BCUT2D eigenvalue weighted by Gasteiger charge is 2.44. The average Bonchev–Trinajstić information content (AvgIpc) is 2.89. The van der Waals surface area contributed by atoms with Crippen LogP contribution in [0.1, 0.15) is 43.6 Å². The minimum atomic E-state index is 0.00338. The van der Waals surface area contributed by atoms with Crippen molar-refractivity contribution in [1.82, 2.24) is 9.80 Å². The molecule has 3 heterocycles. The quantitative estimate of drug-likeness (QED) is 0.802. The molecule has 0 saturated carbocycles. The van der Waals surface area contributed by atoms with Gasteiger partial charge in [-0.3, -0.25) is 9.69 Å². The van der Waals surface area contributed by atoms with E-state index in [9.17, 15) is 4.79 Å². The van der Waals surface area contributed by atoms with Gasteiger partial charge in [0.05, 0.1) is 12.1 Å². The second-order valence-electron chi connectivity index (χ2n) is 6.70. The Morgan fingerprint density at radius 1 is 1.36 bits per heavy atom. The number of aryl methyl sites for hydroxylation is 1. The van der Waals surface area contributed by atoms with Crippen LogP contribution in [0.3, 0.4) is 0 Å². The van der Waals surface area contributed by atoms with Crippen molar-refractivity contribution in [3.63, 3.8) is 0 Å². The fourth-order valence-electron chi connectivity index (χ4n) is 4.08. The Labute approximate surface area is 132 Å². The largest absolute Gasteiger partial charge is 0.465 e. The van der Waals surface area contributed by atoms with E-state index in [2.05, 4.69) is 22.4 Å². The topological polar surface area (TPSA) is 36.7 Å². The van der Waals surface area contributed by atoms with Crippen molar-refractivity contribution in [2.24, 2.45) is 0 Å². The maximum absolute atomic E-state index is 12.4. The first kappa shape index (κ1) is 15.3. The first-order chi connectivity index (χ1) is 10.6. The molecule has 1 atom stereocenters. The van der Waals surface area contributed by atoms with Crippen molar-refractivity contribution in [2.75, 3.05) is 19.6 Å². The third kappa shape index (κ3) is 2.98. The Bertz CT molecular complexity index is 547. The summed E-state index contributed by atoms with van der Waals surface area (Å²) in [5, 5.41) is 0. The van der Waals surface area contributed by atoms with E-state index >= 15 is 0 Å². The van der Waals surface area contributed by atoms with Gasteiger partial charge in [-0.1, -0.05) is 6.08 Å². The number of nitrogens with zero attached hydrogens (tertiary/aromatic N) is 2. The molecule has 2 aliphatic heterocycles. The third-order valence-corrected chi connectivity index (χ3v) is 5.03. The van der Waals surface area contributed by atoms with Gasteiger partial charge >= 0.3 is 0 Å². The minimum Gasteiger partial charge on any atom is -0.465 e. The summed E-state index contributed by atoms with van der Waals surface area (Å²) in [5.41, 5.74) is 0.00338. The molecule has 4 nitrogen and oxygen atoms in total. The Balaban J connectivity index is 1.74. The first-order valence-electron chi connectivity index (χ1n) is 8.32. The van der Waals surface area contributed by atoms with Crippen LogP contribution in [-0.2, 0) is 11.3 Å². The van der Waals surface area contributed by atoms with E-state index in [1.54, 1.807) is 0 Å². The lowest BCUT2D eigenvalue weighted by atomic mass is 9.79. The first-order valence-corrected chi connectivity index (χ1v) is 8.32. The Kier molecular flexibility index (Phi) is 4.39. The van der Waals surface area contributed by atoms with E-state index in [0.717, 1.165) is 56.8 Å². The monoisotopic (exact) mass is 302 g/mol. The zero-order valence-corrected chi connectivity index (χ0v) is 13.5. The Morgan fingerprint density at radius 2 is 2.18 bits per heavy atom. The zero-order valence-electron chi connectivity index (χ0n) is 13.5. The van der Waals surface area contributed by atoms with Gasteiger partial charge in [0.1, 0.15) is 11.5 Å². The van der Waals surface area contributed by atoms with Crippen molar-refractivity contribution in [2.45, 2.75) is 51.1 Å². The highest BCUT2D eigenvalue weighted by atomic mass is 16.3. The van der Waals surface area contributed by atoms with E-state index in [1.807, 2.05) is 19.1 Å². The molecule has 22 heavy (non-hydrogen) atoms. The summed E-state index contributed by atoms with van der Waals surface area (Å²) >= 11 is 0. The van der Waals surface area contributed by atoms with Gasteiger partial charge in [0.2, 0.25) is 5.91 Å². The molecule has 0 aromatic carbocycles. The van der Waals surface area contributed by atoms with Crippen molar-refractivity contribution in [1.29, 1.82) is 0 Å². The molecular weight excluding hydrogens is 276 g/mol. The summed E-state index contributed by atoms with van der Waals surface area (Å²) in [7, 11) is 0. The van der Waals surface area contributed by atoms with Crippen LogP contribution in [0.2, 0.25) is 0 Å². The summed E-state index contributed by atoms with van der Waals surface area (Å²) in [4.78, 5) is 16.9. The Hall–Kier alpha value is -1.55. The fourth-order valence-corrected chi connectivity index (χ4v) is 4.08. The van der Waals surface area contributed by atoms with Crippen LogP contribution in [0.4, 0.5) is 0 Å². The predicted molar refractivity (Wildman–Crippen MR) is 86.4 cm³/mol. The van der Waals surface area contributed by atoms with Gasteiger partial charge in [-0.15, -0.1) is 6.58 Å². The number of furan rings is 1. The van der Waals surface area contributed by atoms with Gasteiger partial charge < -0.3 is 9.32 Å². The van der Waals surface area contributed by atoms with E-state index in [1.165, 1.54) is 0 Å². The number of amides is 1. The maximum atomic E-state index is 12.4. The van der Waals surface area contributed by atoms with Crippen LogP contribution in [0.15, 0.2) is 29.2 Å². The second kappa shape index (κ2) is 6.29. The number of carbonyl (C=O) groups excluding carboxylic acids is 1. The zero-order chi connectivity index (χ0) is 15.6. The molecule has 2 fully saturated rings. The number of likely N-dealkylation sites (tertiary alicyclic amines) is 2. The summed E-state index contributed by atoms with van der Waals surface area (Å²) in [5.74, 6) is 2.27. The molecule has 1 spiro atoms. The highest BCUT2D eigenvalue weighted by molar-refractivity contribution is 5.78. The normalized spacial score (nSPS) is 26.6. The molecule has 2 aliphatic rings. The molecular formula is C18H26N2O2. The fraction of sp³-hybridized carbons (Fsp3) is 0.611. The highest BCUT2D eigenvalue weighted by Crippen LogP contribution is 2.37. The lowest BCUT2D eigenvalue weighted by Crippen LogP contribution is -2.62. The van der Waals surface area contributed by atoms with Crippen molar-refractivity contribution < 1.29 is 9.21 Å². The van der Waals surface area contributed by atoms with Gasteiger partial charge in [0.25, 0.3) is 0 Å². The van der Waals surface area contributed by atoms with Gasteiger partial charge in [-0.05, 0) is 51.3 Å². The van der Waals surface area contributed by atoms with E-state index < -0.39 is 0 Å². The molecule has 0 N–H and O–H groups in total. The lowest BCUT2D eigenvalue weighted by molar-refractivity contribution is -0.144. The molecule has 1 aromatic heterocycles. The molecule has 2 saturated heterocycles. The molecule has 3 rings (SSSR count). The summed E-state index contributed by atoms with van der Waals surface area (Å²) in [6, 6.07) is 4.08. The predicted octanol–water partition coefficient (Wildman–Crippen LogP) is 3.12. The minimum absolute atomic E-state index is 0.00338. The van der Waals surface area contributed by atoms with Crippen LogP contribution >= 0.6 is 0 Å². The van der Waals surface area contributed by atoms with Crippen molar-refractivity contribution >= 4 is 5.91 Å². The molecule has 1 amide bonds. The van der Waals surface area contributed by atoms with Gasteiger partial charge in [-0.2, -0.15) is 0 Å². The van der Waals surface area contributed by atoms with Gasteiger partial charge in [-0.25, -0.2) is 0 Å². The van der Waals surface area contributed by atoms with E-state index in [0.29, 0.717) is 18.9 Å². The van der Waals surface area contributed by atoms with E-state index in [-0.39, 0.29) is 5.54 Å². The van der Waals surface area contributed by atoms with Gasteiger partial charge in [0, 0.05) is 19.5 Å². The molecule has 1 aromatic rings. The molecule has 0 unspecified atom stereocenters. The summed E-state index contributed by atoms with van der Waals surface area (Å²) in [6.45, 7) is 9.36.